The molecule has 0 radical (unpaired) electrons. The number of ether oxygens (including phenoxy) is 2. The summed E-state index contributed by atoms with van der Waals surface area (Å²) in [4.78, 5) is 24.9. The minimum atomic E-state index is -0.139. The van der Waals surface area contributed by atoms with E-state index >= 15 is 0 Å². The molecular formula is C21H24N4O4S. The number of para-hydroxylation sites is 1. The third kappa shape index (κ3) is 5.38. The Balaban J connectivity index is 1.52. The summed E-state index contributed by atoms with van der Waals surface area (Å²) in [5.74, 6) is 1.61. The second-order valence-corrected chi connectivity index (χ2v) is 7.36. The van der Waals surface area contributed by atoms with Gasteiger partial charge in [0.2, 0.25) is 5.91 Å². The molecule has 0 aliphatic heterocycles. The molecule has 8 nitrogen and oxygen atoms in total. The molecule has 0 atom stereocenters. The van der Waals surface area contributed by atoms with E-state index in [1.165, 1.54) is 11.3 Å². The first-order valence-electron chi connectivity index (χ1n) is 9.45. The Morgan fingerprint density at radius 3 is 2.73 bits per heavy atom. The number of rotatable bonds is 10. The molecule has 0 unspecified atom stereocenters. The van der Waals surface area contributed by atoms with Gasteiger partial charge in [-0.25, -0.2) is 4.68 Å². The first-order chi connectivity index (χ1) is 14.6. The van der Waals surface area contributed by atoms with Crippen molar-refractivity contribution < 1.29 is 19.1 Å². The predicted octanol–water partition coefficient (Wildman–Crippen LogP) is 3.16. The fourth-order valence-corrected chi connectivity index (χ4v) is 3.60. The lowest BCUT2D eigenvalue weighted by molar-refractivity contribution is -0.116. The van der Waals surface area contributed by atoms with Gasteiger partial charge in [0.05, 0.1) is 31.8 Å². The lowest BCUT2D eigenvalue weighted by atomic mass is 10.2. The molecule has 30 heavy (non-hydrogen) atoms. The monoisotopic (exact) mass is 428 g/mol. The number of carbonyl (C=O) groups excluding carboxylic acids is 2. The zero-order chi connectivity index (χ0) is 21.3. The maximum absolute atomic E-state index is 12.3. The van der Waals surface area contributed by atoms with E-state index in [9.17, 15) is 9.59 Å². The quantitative estimate of drug-likeness (QED) is 0.484. The predicted molar refractivity (Wildman–Crippen MR) is 115 cm³/mol. The topological polar surface area (TPSA) is 94.5 Å². The van der Waals surface area contributed by atoms with Crippen molar-refractivity contribution in [3.63, 3.8) is 0 Å². The number of thiophene rings is 1. The van der Waals surface area contributed by atoms with Gasteiger partial charge in [0, 0.05) is 24.6 Å². The number of methoxy groups -OCH3 is 2. The maximum Gasteiger partial charge on any atom is 0.261 e. The molecule has 2 amide bonds. The molecule has 158 valence electrons. The molecular weight excluding hydrogens is 404 g/mol. The Morgan fingerprint density at radius 1 is 1.13 bits per heavy atom. The molecule has 2 heterocycles. The van der Waals surface area contributed by atoms with Crippen LogP contribution in [-0.2, 0) is 11.3 Å². The Bertz CT molecular complexity index is 985. The van der Waals surface area contributed by atoms with E-state index in [1.807, 2.05) is 29.6 Å². The third-order valence-corrected chi connectivity index (χ3v) is 5.27. The van der Waals surface area contributed by atoms with Gasteiger partial charge in [-0.1, -0.05) is 18.2 Å². The van der Waals surface area contributed by atoms with E-state index in [4.69, 9.17) is 9.47 Å². The lowest BCUT2D eigenvalue weighted by Gasteiger charge is -2.14. The van der Waals surface area contributed by atoms with Crippen LogP contribution >= 0.6 is 11.3 Å². The van der Waals surface area contributed by atoms with Crippen molar-refractivity contribution in [1.29, 1.82) is 0 Å². The standard InChI is InChI=1S/C21H24N4O4S/c1-28-16-7-3-6-15(20(16)29-2)14-25-18(10-12-23-25)24-19(26)9-4-11-22-21(27)17-8-5-13-30-17/h3,5-8,10,12-13H,4,9,11,14H2,1-2H3,(H,22,27)(H,24,26). The Hall–Kier alpha value is -3.33. The second-order valence-electron chi connectivity index (χ2n) is 6.41. The van der Waals surface area contributed by atoms with Crippen LogP contribution in [0.1, 0.15) is 28.1 Å². The highest BCUT2D eigenvalue weighted by molar-refractivity contribution is 7.12. The van der Waals surface area contributed by atoms with Crippen molar-refractivity contribution in [3.8, 4) is 11.5 Å². The van der Waals surface area contributed by atoms with E-state index in [0.29, 0.717) is 48.1 Å². The number of benzene rings is 1. The molecule has 0 bridgehead atoms. The van der Waals surface area contributed by atoms with Crippen LogP contribution in [0.25, 0.3) is 0 Å². The minimum Gasteiger partial charge on any atom is -0.493 e. The number of amides is 2. The Kier molecular flexibility index (Phi) is 7.45. The van der Waals surface area contributed by atoms with E-state index in [-0.39, 0.29) is 11.8 Å². The molecule has 3 rings (SSSR count). The number of nitrogens with one attached hydrogen (secondary N) is 2. The van der Waals surface area contributed by atoms with Crippen molar-refractivity contribution in [1.82, 2.24) is 15.1 Å². The van der Waals surface area contributed by atoms with Gasteiger partial charge in [-0.3, -0.25) is 9.59 Å². The van der Waals surface area contributed by atoms with Crippen molar-refractivity contribution in [2.45, 2.75) is 19.4 Å². The fourth-order valence-electron chi connectivity index (χ4n) is 2.96. The van der Waals surface area contributed by atoms with Crippen LogP contribution in [0.3, 0.4) is 0 Å². The van der Waals surface area contributed by atoms with Crippen LogP contribution in [0.4, 0.5) is 5.82 Å². The molecule has 0 aliphatic rings. The highest BCUT2D eigenvalue weighted by Crippen LogP contribution is 2.31. The van der Waals surface area contributed by atoms with Crippen LogP contribution in [-0.4, -0.2) is 42.4 Å². The molecule has 0 aliphatic carbocycles. The summed E-state index contributed by atoms with van der Waals surface area (Å²) in [7, 11) is 3.18. The first-order valence-corrected chi connectivity index (χ1v) is 10.3. The summed E-state index contributed by atoms with van der Waals surface area (Å²) in [6.07, 6.45) is 2.46. The number of nitrogens with zero attached hydrogens (tertiary/aromatic N) is 2. The Morgan fingerprint density at radius 2 is 2.00 bits per heavy atom. The van der Waals surface area contributed by atoms with Gasteiger partial charge in [0.1, 0.15) is 5.82 Å². The maximum atomic E-state index is 12.3. The van der Waals surface area contributed by atoms with Gasteiger partial charge >= 0.3 is 0 Å². The van der Waals surface area contributed by atoms with Crippen LogP contribution in [0.15, 0.2) is 48.0 Å². The third-order valence-electron chi connectivity index (χ3n) is 4.40. The zero-order valence-electron chi connectivity index (χ0n) is 16.9. The molecule has 1 aromatic carbocycles. The lowest BCUT2D eigenvalue weighted by Crippen LogP contribution is -2.25. The summed E-state index contributed by atoms with van der Waals surface area (Å²) >= 11 is 1.39. The molecule has 0 saturated carbocycles. The number of anilines is 1. The smallest absolute Gasteiger partial charge is 0.261 e. The van der Waals surface area contributed by atoms with E-state index in [1.54, 1.807) is 37.2 Å². The van der Waals surface area contributed by atoms with E-state index in [0.717, 1.165) is 5.56 Å². The van der Waals surface area contributed by atoms with E-state index < -0.39 is 0 Å². The summed E-state index contributed by atoms with van der Waals surface area (Å²) < 4.78 is 12.5. The van der Waals surface area contributed by atoms with Gasteiger partial charge in [-0.15, -0.1) is 11.3 Å². The summed E-state index contributed by atoms with van der Waals surface area (Å²) in [5.41, 5.74) is 0.882. The average Bonchev–Trinajstić information content (AvgIpc) is 3.43. The minimum absolute atomic E-state index is 0.115. The van der Waals surface area contributed by atoms with Gasteiger partial charge in [0.15, 0.2) is 11.5 Å². The number of hydrogen-bond acceptors (Lipinski definition) is 6. The van der Waals surface area contributed by atoms with Crippen LogP contribution < -0.4 is 20.1 Å². The van der Waals surface area contributed by atoms with Crippen LogP contribution in [0, 0.1) is 0 Å². The van der Waals surface area contributed by atoms with Crippen molar-refractivity contribution in [2.24, 2.45) is 0 Å². The number of carbonyl (C=O) groups is 2. The van der Waals surface area contributed by atoms with E-state index in [2.05, 4.69) is 15.7 Å². The molecule has 0 saturated heterocycles. The number of hydrogen-bond donors (Lipinski definition) is 2. The van der Waals surface area contributed by atoms with Gasteiger partial charge in [0.25, 0.3) is 5.91 Å². The largest absolute Gasteiger partial charge is 0.493 e. The number of aromatic nitrogens is 2. The normalized spacial score (nSPS) is 10.5. The van der Waals surface area contributed by atoms with Crippen molar-refractivity contribution in [3.05, 3.63) is 58.4 Å². The highest BCUT2D eigenvalue weighted by Gasteiger charge is 2.13. The van der Waals surface area contributed by atoms with Gasteiger partial charge in [-0.05, 0) is 23.9 Å². The van der Waals surface area contributed by atoms with Crippen LogP contribution in [0.5, 0.6) is 11.5 Å². The highest BCUT2D eigenvalue weighted by atomic mass is 32.1. The molecule has 0 fully saturated rings. The first kappa shape index (κ1) is 21.4. The molecule has 9 heteroatoms. The van der Waals surface area contributed by atoms with Crippen molar-refractivity contribution >= 4 is 29.0 Å². The summed E-state index contributed by atoms with van der Waals surface area (Å²) in [6.45, 7) is 0.851. The second kappa shape index (κ2) is 10.4. The molecule has 2 aromatic heterocycles. The zero-order valence-corrected chi connectivity index (χ0v) is 17.7. The van der Waals surface area contributed by atoms with Crippen LogP contribution in [0.2, 0.25) is 0 Å². The average molecular weight is 429 g/mol. The summed E-state index contributed by atoms with van der Waals surface area (Å²) in [6, 6.07) is 11.0. The summed E-state index contributed by atoms with van der Waals surface area (Å²) in [5, 5.41) is 11.8. The van der Waals surface area contributed by atoms with Gasteiger partial charge in [-0.2, -0.15) is 5.10 Å². The van der Waals surface area contributed by atoms with Gasteiger partial charge < -0.3 is 20.1 Å². The molecule has 2 N–H and O–H groups in total. The molecule has 3 aromatic rings. The Labute approximate surface area is 178 Å². The molecule has 0 spiro atoms. The fraction of sp³-hybridized carbons (Fsp3) is 0.286. The van der Waals surface area contributed by atoms with Crippen molar-refractivity contribution in [2.75, 3.05) is 26.1 Å². The SMILES string of the molecule is COc1cccc(Cn2nccc2NC(=O)CCCNC(=O)c2cccs2)c1OC.